The average molecular weight is 427 g/mol. The lowest BCUT2D eigenvalue weighted by Crippen LogP contribution is -2.27. The van der Waals surface area contributed by atoms with Crippen molar-refractivity contribution in [2.45, 2.75) is 13.0 Å². The number of carbonyl (C=O) groups excluding carboxylic acids is 1. The van der Waals surface area contributed by atoms with Crippen LogP contribution in [0.4, 0.5) is 5.69 Å². The number of rotatable bonds is 5. The van der Waals surface area contributed by atoms with Gasteiger partial charge in [-0.05, 0) is 36.8 Å². The minimum atomic E-state index is -0.463. The Balaban J connectivity index is 1.41. The molecule has 0 aliphatic heterocycles. The number of aromatic amines is 2. The van der Waals surface area contributed by atoms with Crippen LogP contribution < -0.4 is 5.32 Å². The minimum Gasteiger partial charge on any atom is -0.343 e. The van der Waals surface area contributed by atoms with Gasteiger partial charge in [0, 0.05) is 35.5 Å². The number of imidazole rings is 1. The zero-order chi connectivity index (χ0) is 22.2. The molecule has 10 nitrogen and oxygen atoms in total. The first kappa shape index (κ1) is 19.4. The number of carbonyl (C=O) groups is 1. The predicted octanol–water partition coefficient (Wildman–Crippen LogP) is 3.90. The summed E-state index contributed by atoms with van der Waals surface area (Å²) in [5, 5.41) is 20.9. The zero-order valence-electron chi connectivity index (χ0n) is 16.9. The summed E-state index contributed by atoms with van der Waals surface area (Å²) in [5.41, 5.74) is 4.65. The van der Waals surface area contributed by atoms with Gasteiger partial charge in [0.25, 0.3) is 11.6 Å². The molecular formula is C22H17N7O3. The summed E-state index contributed by atoms with van der Waals surface area (Å²) >= 11 is 0. The molecule has 3 N–H and O–H groups in total. The van der Waals surface area contributed by atoms with Crippen LogP contribution in [-0.4, -0.2) is 36.0 Å². The first-order valence-electron chi connectivity index (χ1n) is 9.83. The van der Waals surface area contributed by atoms with Gasteiger partial charge >= 0.3 is 0 Å². The van der Waals surface area contributed by atoms with Crippen molar-refractivity contribution < 1.29 is 9.72 Å². The molecule has 0 aliphatic carbocycles. The molecule has 3 heterocycles. The van der Waals surface area contributed by atoms with Crippen LogP contribution in [0.5, 0.6) is 0 Å². The van der Waals surface area contributed by atoms with Crippen molar-refractivity contribution in [2.24, 2.45) is 0 Å². The lowest BCUT2D eigenvalue weighted by atomic mass is 10.1. The fraction of sp³-hybridized carbons (Fsp3) is 0.0909. The van der Waals surface area contributed by atoms with Crippen LogP contribution >= 0.6 is 0 Å². The van der Waals surface area contributed by atoms with Gasteiger partial charge in [0.05, 0.1) is 33.2 Å². The summed E-state index contributed by atoms with van der Waals surface area (Å²) in [5.74, 6) is -0.354. The number of hydrogen-bond acceptors (Lipinski definition) is 6. The number of aromatic nitrogens is 5. The maximum absolute atomic E-state index is 12.7. The van der Waals surface area contributed by atoms with Crippen molar-refractivity contribution in [3.8, 4) is 11.3 Å². The third-order valence-electron chi connectivity index (χ3n) is 5.28. The Labute approximate surface area is 180 Å². The van der Waals surface area contributed by atoms with E-state index in [-0.39, 0.29) is 17.6 Å². The van der Waals surface area contributed by atoms with E-state index < -0.39 is 10.8 Å². The first-order chi connectivity index (χ1) is 15.5. The predicted molar refractivity (Wildman–Crippen MR) is 118 cm³/mol. The van der Waals surface area contributed by atoms with Crippen LogP contribution in [0.15, 0.2) is 60.9 Å². The van der Waals surface area contributed by atoms with Crippen LogP contribution in [0.25, 0.3) is 33.2 Å². The summed E-state index contributed by atoms with van der Waals surface area (Å²) in [6, 6.07) is 13.2. The SMILES string of the molecule is CC(NC(=O)c1nc2cc3[nH][nH]c(-c4ccncc4)c3cc2n1)c1ccc([N+](=O)[O-])cc1. The molecule has 0 saturated heterocycles. The number of hydrogen-bond donors (Lipinski definition) is 3. The smallest absolute Gasteiger partial charge is 0.289 e. The Morgan fingerprint density at radius 1 is 1.03 bits per heavy atom. The number of pyridine rings is 1. The van der Waals surface area contributed by atoms with Gasteiger partial charge in [0.2, 0.25) is 5.82 Å². The highest BCUT2D eigenvalue weighted by Crippen LogP contribution is 2.29. The lowest BCUT2D eigenvalue weighted by Gasteiger charge is -2.12. The monoisotopic (exact) mass is 427 g/mol. The number of nitro benzene ring substituents is 1. The fourth-order valence-electron chi connectivity index (χ4n) is 3.59. The van der Waals surface area contributed by atoms with E-state index in [1.807, 2.05) is 24.3 Å². The van der Waals surface area contributed by atoms with Gasteiger partial charge in [0.15, 0.2) is 0 Å². The average Bonchev–Trinajstić information content (AvgIpc) is 3.41. The van der Waals surface area contributed by atoms with E-state index in [0.717, 1.165) is 27.7 Å². The number of fused-ring (bicyclic) bond motifs is 2. The zero-order valence-corrected chi connectivity index (χ0v) is 16.9. The van der Waals surface area contributed by atoms with E-state index in [2.05, 4.69) is 30.5 Å². The molecule has 32 heavy (non-hydrogen) atoms. The van der Waals surface area contributed by atoms with Crippen molar-refractivity contribution in [1.29, 1.82) is 0 Å². The van der Waals surface area contributed by atoms with Crippen molar-refractivity contribution in [2.75, 3.05) is 0 Å². The van der Waals surface area contributed by atoms with E-state index in [1.165, 1.54) is 12.1 Å². The van der Waals surface area contributed by atoms with Gasteiger partial charge < -0.3 is 10.4 Å². The van der Waals surface area contributed by atoms with E-state index in [1.54, 1.807) is 31.5 Å². The van der Waals surface area contributed by atoms with Gasteiger partial charge in [-0.3, -0.25) is 25.0 Å². The number of nitro groups is 1. The molecule has 1 unspecified atom stereocenters. The second-order valence-corrected chi connectivity index (χ2v) is 7.34. The van der Waals surface area contributed by atoms with Crippen molar-refractivity contribution >= 4 is 33.5 Å². The summed E-state index contributed by atoms with van der Waals surface area (Å²) in [4.78, 5) is 35.9. The molecule has 0 spiro atoms. The lowest BCUT2D eigenvalue weighted by molar-refractivity contribution is -0.384. The summed E-state index contributed by atoms with van der Waals surface area (Å²) in [7, 11) is 0. The molecule has 158 valence electrons. The number of nitrogens with zero attached hydrogens (tertiary/aromatic N) is 4. The fourth-order valence-corrected chi connectivity index (χ4v) is 3.59. The summed E-state index contributed by atoms with van der Waals surface area (Å²) in [6.07, 6.45) is 3.44. The Morgan fingerprint density at radius 3 is 2.41 bits per heavy atom. The molecule has 0 bridgehead atoms. The van der Waals surface area contributed by atoms with Crippen LogP contribution in [-0.2, 0) is 0 Å². The van der Waals surface area contributed by atoms with Crippen LogP contribution in [0, 0.1) is 10.1 Å². The normalized spacial score (nSPS) is 12.2. The van der Waals surface area contributed by atoms with E-state index in [9.17, 15) is 14.9 Å². The molecule has 5 rings (SSSR count). The van der Waals surface area contributed by atoms with Crippen molar-refractivity contribution in [1.82, 2.24) is 30.5 Å². The molecule has 0 fully saturated rings. The van der Waals surface area contributed by atoms with Gasteiger partial charge in [-0.15, -0.1) is 0 Å². The molecule has 3 aromatic heterocycles. The number of non-ortho nitro benzene ring substituents is 1. The quantitative estimate of drug-likeness (QED) is 0.287. The number of nitrogens with one attached hydrogen (secondary N) is 3. The van der Waals surface area contributed by atoms with Gasteiger partial charge in [-0.25, -0.2) is 9.97 Å². The van der Waals surface area contributed by atoms with Crippen LogP contribution in [0.3, 0.4) is 0 Å². The molecule has 0 saturated carbocycles. The first-order valence-corrected chi connectivity index (χ1v) is 9.83. The molecule has 0 radical (unpaired) electrons. The van der Waals surface area contributed by atoms with Crippen LogP contribution in [0.2, 0.25) is 0 Å². The number of benzene rings is 2. The second kappa shape index (κ2) is 7.58. The van der Waals surface area contributed by atoms with E-state index in [4.69, 9.17) is 0 Å². The topological polar surface area (TPSA) is 142 Å². The molecular weight excluding hydrogens is 410 g/mol. The maximum Gasteiger partial charge on any atom is 0.289 e. The number of amides is 1. The molecule has 5 aromatic rings. The highest BCUT2D eigenvalue weighted by Gasteiger charge is 2.18. The van der Waals surface area contributed by atoms with Crippen molar-refractivity contribution in [3.63, 3.8) is 0 Å². The van der Waals surface area contributed by atoms with Gasteiger partial charge in [0.1, 0.15) is 0 Å². The Morgan fingerprint density at radius 2 is 1.72 bits per heavy atom. The molecule has 0 aliphatic rings. The highest BCUT2D eigenvalue weighted by atomic mass is 16.6. The molecule has 1 atom stereocenters. The second-order valence-electron chi connectivity index (χ2n) is 7.34. The summed E-state index contributed by atoms with van der Waals surface area (Å²) in [6.45, 7) is 1.79. The van der Waals surface area contributed by atoms with E-state index in [0.29, 0.717) is 11.0 Å². The number of H-pyrrole nitrogens is 2. The Kier molecular flexibility index (Phi) is 4.59. The van der Waals surface area contributed by atoms with Crippen molar-refractivity contribution in [3.05, 3.63) is 82.4 Å². The largest absolute Gasteiger partial charge is 0.343 e. The van der Waals surface area contributed by atoms with Crippen LogP contribution in [0.1, 0.15) is 29.1 Å². The maximum atomic E-state index is 12.7. The third kappa shape index (κ3) is 3.43. The minimum absolute atomic E-state index is 0.00279. The molecule has 2 aromatic carbocycles. The van der Waals surface area contributed by atoms with E-state index >= 15 is 0 Å². The standard InChI is InChI=1S/C22H17N7O3/c1-12(13-2-4-15(5-3-13)29(31)32)24-22(30)21-25-18-10-16-17(11-19(18)26-21)27-28-20(16)14-6-8-23-9-7-14/h2-12,27-28H,1H3,(H,24,30). The highest BCUT2D eigenvalue weighted by molar-refractivity contribution is 6.02. The summed E-state index contributed by atoms with van der Waals surface area (Å²) < 4.78 is 0. The van der Waals surface area contributed by atoms with Gasteiger partial charge in [-0.1, -0.05) is 12.1 Å². The Bertz CT molecular complexity index is 1460. The Hall–Kier alpha value is -4.60. The molecule has 1 amide bonds. The van der Waals surface area contributed by atoms with Gasteiger partial charge in [-0.2, -0.15) is 0 Å². The third-order valence-corrected chi connectivity index (χ3v) is 5.28. The molecule has 10 heteroatoms.